The van der Waals surface area contributed by atoms with Crippen molar-refractivity contribution in [2.75, 3.05) is 5.32 Å². The average Bonchev–Trinajstić information content (AvgIpc) is 2.85. The topological polar surface area (TPSA) is 29.9 Å². The van der Waals surface area contributed by atoms with Crippen LogP contribution in [0.3, 0.4) is 0 Å². The van der Waals surface area contributed by atoms with Crippen LogP contribution in [0.1, 0.15) is 42.3 Å². The van der Waals surface area contributed by atoms with Gasteiger partial charge in [0.05, 0.1) is 5.69 Å². The zero-order valence-corrected chi connectivity index (χ0v) is 13.2. The molecule has 0 spiro atoms. The van der Waals surface area contributed by atoms with Crippen molar-refractivity contribution in [3.05, 3.63) is 33.8 Å². The summed E-state index contributed by atoms with van der Waals surface area (Å²) in [5, 5.41) is 3.53. The summed E-state index contributed by atoms with van der Waals surface area (Å²) < 4.78 is 2.20. The van der Waals surface area contributed by atoms with E-state index in [2.05, 4.69) is 60.9 Å². The maximum atomic E-state index is 4.57. The van der Waals surface area contributed by atoms with Crippen LogP contribution in [0.5, 0.6) is 0 Å². The summed E-state index contributed by atoms with van der Waals surface area (Å²) in [5.74, 6) is 0.980. The zero-order valence-electron chi connectivity index (χ0n) is 12.4. The normalized spacial score (nSPS) is 12.9. The third kappa shape index (κ3) is 3.60. The lowest BCUT2D eigenvalue weighted by molar-refractivity contribution is 0.598. The largest absolute Gasteiger partial charge is 0.353 e. The molecule has 0 bridgehead atoms. The molecule has 19 heavy (non-hydrogen) atoms. The summed E-state index contributed by atoms with van der Waals surface area (Å²) in [5.41, 5.74) is 1.07. The van der Waals surface area contributed by atoms with E-state index in [0.29, 0.717) is 12.1 Å². The van der Waals surface area contributed by atoms with Gasteiger partial charge in [0, 0.05) is 34.5 Å². The summed E-state index contributed by atoms with van der Waals surface area (Å²) in [4.78, 5) is 7.38. The SMILES string of the molecule is Cc1cn(C(C)C)c(NC(C)Cc2ccc(C)s2)n1. The minimum Gasteiger partial charge on any atom is -0.353 e. The second-order valence-electron chi connectivity index (χ2n) is 5.47. The standard InChI is InChI=1S/C15H23N3S/c1-10(2)18-9-12(4)17-15(18)16-11(3)8-14-7-6-13(5)19-14/h6-7,9-11H,8H2,1-5H3,(H,16,17). The summed E-state index contributed by atoms with van der Waals surface area (Å²) in [6.45, 7) is 10.8. The Labute approximate surface area is 119 Å². The highest BCUT2D eigenvalue weighted by molar-refractivity contribution is 7.11. The first-order valence-corrected chi connectivity index (χ1v) is 7.64. The molecule has 0 radical (unpaired) electrons. The van der Waals surface area contributed by atoms with Crippen LogP contribution >= 0.6 is 11.3 Å². The van der Waals surface area contributed by atoms with Crippen molar-refractivity contribution in [3.63, 3.8) is 0 Å². The molecule has 0 saturated carbocycles. The quantitative estimate of drug-likeness (QED) is 0.888. The predicted molar refractivity (Wildman–Crippen MR) is 83.2 cm³/mol. The maximum absolute atomic E-state index is 4.57. The van der Waals surface area contributed by atoms with Crippen molar-refractivity contribution in [2.24, 2.45) is 0 Å². The second kappa shape index (κ2) is 5.78. The van der Waals surface area contributed by atoms with Gasteiger partial charge in [0.15, 0.2) is 0 Å². The highest BCUT2D eigenvalue weighted by atomic mass is 32.1. The number of imidazole rings is 1. The number of hydrogen-bond donors (Lipinski definition) is 1. The monoisotopic (exact) mass is 277 g/mol. The van der Waals surface area contributed by atoms with Crippen LogP contribution in [0.2, 0.25) is 0 Å². The lowest BCUT2D eigenvalue weighted by atomic mass is 10.2. The molecule has 0 aliphatic rings. The number of anilines is 1. The molecule has 2 aromatic heterocycles. The Bertz CT molecular complexity index is 539. The Kier molecular flexibility index (Phi) is 4.30. The Morgan fingerprint density at radius 2 is 2.00 bits per heavy atom. The van der Waals surface area contributed by atoms with E-state index in [1.165, 1.54) is 9.75 Å². The summed E-state index contributed by atoms with van der Waals surface area (Å²) >= 11 is 1.88. The Balaban J connectivity index is 2.04. The molecule has 0 saturated heterocycles. The minimum absolute atomic E-state index is 0.386. The molecular weight excluding hydrogens is 254 g/mol. The van der Waals surface area contributed by atoms with Crippen LogP contribution in [0.25, 0.3) is 0 Å². The molecule has 0 aliphatic carbocycles. The molecule has 104 valence electrons. The molecule has 1 N–H and O–H groups in total. The molecule has 3 nitrogen and oxygen atoms in total. The van der Waals surface area contributed by atoms with E-state index in [-0.39, 0.29) is 0 Å². The first kappa shape index (κ1) is 14.1. The first-order valence-electron chi connectivity index (χ1n) is 6.83. The van der Waals surface area contributed by atoms with Gasteiger partial charge in [-0.25, -0.2) is 4.98 Å². The highest BCUT2D eigenvalue weighted by Gasteiger charge is 2.12. The van der Waals surface area contributed by atoms with Crippen molar-refractivity contribution in [1.29, 1.82) is 0 Å². The predicted octanol–water partition coefficient (Wildman–Crippen LogP) is 4.19. The highest BCUT2D eigenvalue weighted by Crippen LogP contribution is 2.20. The van der Waals surface area contributed by atoms with Gasteiger partial charge in [-0.1, -0.05) is 0 Å². The molecule has 0 fully saturated rings. The number of thiophene rings is 1. The van der Waals surface area contributed by atoms with E-state index in [0.717, 1.165) is 18.1 Å². The summed E-state index contributed by atoms with van der Waals surface area (Å²) in [6, 6.07) is 5.22. The lowest BCUT2D eigenvalue weighted by Gasteiger charge is -2.17. The van der Waals surface area contributed by atoms with Crippen LogP contribution in [0, 0.1) is 13.8 Å². The molecule has 0 aromatic carbocycles. The van der Waals surface area contributed by atoms with Crippen molar-refractivity contribution in [3.8, 4) is 0 Å². The molecule has 2 rings (SSSR count). The van der Waals surface area contributed by atoms with Crippen molar-refractivity contribution in [2.45, 2.75) is 53.1 Å². The van der Waals surface area contributed by atoms with Gasteiger partial charge >= 0.3 is 0 Å². The first-order chi connectivity index (χ1) is 8.95. The van der Waals surface area contributed by atoms with E-state index in [1.54, 1.807) is 0 Å². The molecule has 1 unspecified atom stereocenters. The van der Waals surface area contributed by atoms with Crippen LogP contribution in [-0.2, 0) is 6.42 Å². The third-order valence-electron chi connectivity index (χ3n) is 3.09. The fourth-order valence-electron chi connectivity index (χ4n) is 2.18. The number of rotatable bonds is 5. The third-order valence-corrected chi connectivity index (χ3v) is 4.11. The van der Waals surface area contributed by atoms with Gasteiger partial charge in [0.25, 0.3) is 0 Å². The summed E-state index contributed by atoms with van der Waals surface area (Å²) in [6.07, 6.45) is 3.15. The molecule has 2 aromatic rings. The number of hydrogen-bond acceptors (Lipinski definition) is 3. The van der Waals surface area contributed by atoms with Gasteiger partial charge in [-0.15, -0.1) is 11.3 Å². The fourth-order valence-corrected chi connectivity index (χ4v) is 3.20. The maximum Gasteiger partial charge on any atom is 0.203 e. The molecule has 2 heterocycles. The van der Waals surface area contributed by atoms with E-state index >= 15 is 0 Å². The molecule has 0 amide bonds. The van der Waals surface area contributed by atoms with E-state index in [1.807, 2.05) is 18.3 Å². The molecule has 1 atom stereocenters. The number of aryl methyl sites for hydroxylation is 2. The Morgan fingerprint density at radius 1 is 1.26 bits per heavy atom. The Hall–Kier alpha value is -1.29. The van der Waals surface area contributed by atoms with E-state index < -0.39 is 0 Å². The van der Waals surface area contributed by atoms with Gasteiger partial charge in [0.1, 0.15) is 0 Å². The van der Waals surface area contributed by atoms with Crippen LogP contribution in [-0.4, -0.2) is 15.6 Å². The van der Waals surface area contributed by atoms with Crippen LogP contribution < -0.4 is 5.32 Å². The second-order valence-corrected chi connectivity index (χ2v) is 6.84. The smallest absolute Gasteiger partial charge is 0.203 e. The number of aromatic nitrogens is 2. The van der Waals surface area contributed by atoms with Gasteiger partial charge < -0.3 is 9.88 Å². The van der Waals surface area contributed by atoms with Gasteiger partial charge in [-0.05, 0) is 46.8 Å². The van der Waals surface area contributed by atoms with Crippen molar-refractivity contribution >= 4 is 17.3 Å². The molecular formula is C15H23N3S. The van der Waals surface area contributed by atoms with Gasteiger partial charge in [-0.3, -0.25) is 0 Å². The van der Waals surface area contributed by atoms with Crippen molar-refractivity contribution in [1.82, 2.24) is 9.55 Å². The van der Waals surface area contributed by atoms with E-state index in [4.69, 9.17) is 0 Å². The van der Waals surface area contributed by atoms with E-state index in [9.17, 15) is 0 Å². The lowest BCUT2D eigenvalue weighted by Crippen LogP contribution is -2.21. The number of nitrogens with one attached hydrogen (secondary N) is 1. The zero-order chi connectivity index (χ0) is 14.0. The van der Waals surface area contributed by atoms with Crippen molar-refractivity contribution < 1.29 is 0 Å². The van der Waals surface area contributed by atoms with Crippen LogP contribution in [0.4, 0.5) is 5.95 Å². The molecule has 0 aliphatic heterocycles. The summed E-state index contributed by atoms with van der Waals surface area (Å²) in [7, 11) is 0. The number of nitrogens with zero attached hydrogens (tertiary/aromatic N) is 2. The van der Waals surface area contributed by atoms with Gasteiger partial charge in [-0.2, -0.15) is 0 Å². The fraction of sp³-hybridized carbons (Fsp3) is 0.533. The minimum atomic E-state index is 0.386. The van der Waals surface area contributed by atoms with Crippen LogP contribution in [0.15, 0.2) is 18.3 Å². The molecule has 4 heteroatoms. The van der Waals surface area contributed by atoms with Gasteiger partial charge in [0.2, 0.25) is 5.95 Å². The average molecular weight is 277 g/mol. The Morgan fingerprint density at radius 3 is 2.58 bits per heavy atom.